The third-order valence-corrected chi connectivity index (χ3v) is 2.63. The molecule has 1 saturated carbocycles. The Balaban J connectivity index is 2.09. The van der Waals surface area contributed by atoms with Crippen LogP contribution in [-0.4, -0.2) is 16.0 Å². The van der Waals surface area contributed by atoms with Crippen LogP contribution in [0.25, 0.3) is 0 Å². The lowest BCUT2D eigenvalue weighted by Crippen LogP contribution is -2.20. The SMILES string of the molecule is C[C@@H](Nc1nccc(C(F)(F)F)n1)C1CC1. The molecule has 0 saturated heterocycles. The van der Waals surface area contributed by atoms with E-state index in [0.29, 0.717) is 5.92 Å². The van der Waals surface area contributed by atoms with Crippen molar-refractivity contribution in [3.63, 3.8) is 0 Å². The standard InChI is InChI=1S/C10H12F3N3/c1-6(7-2-3-7)15-9-14-5-4-8(16-9)10(11,12)13/h4-7H,2-3H2,1H3,(H,14,15,16)/t6-/m1/s1. The maximum Gasteiger partial charge on any atom is 0.433 e. The summed E-state index contributed by atoms with van der Waals surface area (Å²) in [6, 6.07) is 0.996. The predicted molar refractivity (Wildman–Crippen MR) is 52.8 cm³/mol. The van der Waals surface area contributed by atoms with Gasteiger partial charge in [0.25, 0.3) is 0 Å². The average molecular weight is 231 g/mol. The van der Waals surface area contributed by atoms with Crippen molar-refractivity contribution >= 4 is 5.95 Å². The molecule has 1 fully saturated rings. The molecule has 1 aromatic rings. The van der Waals surface area contributed by atoms with Gasteiger partial charge in [-0.1, -0.05) is 0 Å². The van der Waals surface area contributed by atoms with Crippen molar-refractivity contribution in [3.05, 3.63) is 18.0 Å². The first-order valence-electron chi connectivity index (χ1n) is 5.13. The van der Waals surface area contributed by atoms with Crippen LogP contribution in [0.4, 0.5) is 19.1 Å². The summed E-state index contributed by atoms with van der Waals surface area (Å²) >= 11 is 0. The van der Waals surface area contributed by atoms with E-state index in [4.69, 9.17) is 0 Å². The van der Waals surface area contributed by atoms with E-state index < -0.39 is 11.9 Å². The van der Waals surface area contributed by atoms with Crippen LogP contribution in [-0.2, 0) is 6.18 Å². The molecule has 0 aromatic carbocycles. The molecule has 1 aliphatic rings. The Kier molecular flexibility index (Phi) is 2.73. The van der Waals surface area contributed by atoms with Gasteiger partial charge in [0, 0.05) is 12.2 Å². The fourth-order valence-electron chi connectivity index (χ4n) is 1.50. The molecule has 0 bridgehead atoms. The summed E-state index contributed by atoms with van der Waals surface area (Å²) in [4.78, 5) is 7.23. The Labute approximate surface area is 91.1 Å². The largest absolute Gasteiger partial charge is 0.433 e. The van der Waals surface area contributed by atoms with Crippen molar-refractivity contribution in [3.8, 4) is 0 Å². The molecular weight excluding hydrogens is 219 g/mol. The second-order valence-electron chi connectivity index (χ2n) is 4.03. The number of halogens is 3. The van der Waals surface area contributed by atoms with E-state index in [0.717, 1.165) is 25.1 Å². The lowest BCUT2D eigenvalue weighted by molar-refractivity contribution is -0.141. The van der Waals surface area contributed by atoms with Crippen LogP contribution in [0.1, 0.15) is 25.5 Å². The van der Waals surface area contributed by atoms with Gasteiger partial charge in [-0.25, -0.2) is 9.97 Å². The highest BCUT2D eigenvalue weighted by Gasteiger charge is 2.33. The summed E-state index contributed by atoms with van der Waals surface area (Å²) in [7, 11) is 0. The van der Waals surface area contributed by atoms with E-state index in [1.807, 2.05) is 6.92 Å². The van der Waals surface area contributed by atoms with Crippen LogP contribution in [0.3, 0.4) is 0 Å². The summed E-state index contributed by atoms with van der Waals surface area (Å²) in [5.74, 6) is 0.590. The fourth-order valence-corrected chi connectivity index (χ4v) is 1.50. The minimum absolute atomic E-state index is 0.0502. The van der Waals surface area contributed by atoms with E-state index in [2.05, 4.69) is 15.3 Å². The highest BCUT2D eigenvalue weighted by molar-refractivity contribution is 5.28. The van der Waals surface area contributed by atoms with Gasteiger partial charge in [-0.15, -0.1) is 0 Å². The zero-order valence-corrected chi connectivity index (χ0v) is 8.75. The smallest absolute Gasteiger partial charge is 0.351 e. The molecule has 6 heteroatoms. The molecule has 0 spiro atoms. The molecule has 0 unspecified atom stereocenters. The second kappa shape index (κ2) is 3.92. The van der Waals surface area contributed by atoms with Crippen LogP contribution in [0.2, 0.25) is 0 Å². The van der Waals surface area contributed by atoms with E-state index in [1.54, 1.807) is 0 Å². The molecule has 0 amide bonds. The summed E-state index contributed by atoms with van der Waals surface area (Å²) < 4.78 is 37.1. The van der Waals surface area contributed by atoms with Crippen LogP contribution in [0, 0.1) is 5.92 Å². The minimum Gasteiger partial charge on any atom is -0.351 e. The zero-order valence-electron chi connectivity index (χ0n) is 8.75. The van der Waals surface area contributed by atoms with Crippen molar-refractivity contribution in [2.45, 2.75) is 32.0 Å². The topological polar surface area (TPSA) is 37.8 Å². The lowest BCUT2D eigenvalue weighted by Gasteiger charge is -2.13. The minimum atomic E-state index is -4.41. The Hall–Kier alpha value is -1.33. The molecule has 2 rings (SSSR count). The Morgan fingerprint density at radius 3 is 2.69 bits per heavy atom. The van der Waals surface area contributed by atoms with E-state index in [9.17, 15) is 13.2 Å². The Morgan fingerprint density at radius 1 is 1.44 bits per heavy atom. The first kappa shape index (κ1) is 11.2. The fraction of sp³-hybridized carbons (Fsp3) is 0.600. The molecule has 0 radical (unpaired) electrons. The highest BCUT2D eigenvalue weighted by Crippen LogP contribution is 2.34. The lowest BCUT2D eigenvalue weighted by atomic mass is 10.2. The first-order valence-corrected chi connectivity index (χ1v) is 5.13. The van der Waals surface area contributed by atoms with Gasteiger partial charge in [0.2, 0.25) is 5.95 Å². The van der Waals surface area contributed by atoms with Gasteiger partial charge in [0.15, 0.2) is 0 Å². The van der Waals surface area contributed by atoms with Crippen LogP contribution in [0.5, 0.6) is 0 Å². The molecule has 1 atom stereocenters. The summed E-state index contributed by atoms with van der Waals surface area (Å²) in [5, 5.41) is 2.89. The normalized spacial score (nSPS) is 18.2. The van der Waals surface area contributed by atoms with Gasteiger partial charge in [-0.3, -0.25) is 0 Å². The van der Waals surface area contributed by atoms with Gasteiger partial charge >= 0.3 is 6.18 Å². The van der Waals surface area contributed by atoms with Gasteiger partial charge in [-0.05, 0) is 31.7 Å². The maximum atomic E-state index is 12.4. The third-order valence-electron chi connectivity index (χ3n) is 2.63. The van der Waals surface area contributed by atoms with Crippen LogP contribution < -0.4 is 5.32 Å². The van der Waals surface area contributed by atoms with Gasteiger partial charge in [-0.2, -0.15) is 13.2 Å². The number of anilines is 1. The number of nitrogens with one attached hydrogen (secondary N) is 1. The molecule has 1 aromatic heterocycles. The number of hydrogen-bond donors (Lipinski definition) is 1. The average Bonchev–Trinajstić information content (AvgIpc) is 2.99. The number of rotatable bonds is 3. The predicted octanol–water partition coefficient (Wildman–Crippen LogP) is 2.71. The molecular formula is C10H12F3N3. The van der Waals surface area contributed by atoms with Crippen LogP contribution >= 0.6 is 0 Å². The molecule has 88 valence electrons. The van der Waals surface area contributed by atoms with E-state index >= 15 is 0 Å². The van der Waals surface area contributed by atoms with E-state index in [1.165, 1.54) is 0 Å². The Bertz CT molecular complexity index is 374. The van der Waals surface area contributed by atoms with E-state index in [-0.39, 0.29) is 12.0 Å². The summed E-state index contributed by atoms with van der Waals surface area (Å²) in [6.07, 6.45) is -1.06. The van der Waals surface area contributed by atoms with Crippen molar-refractivity contribution in [1.82, 2.24) is 9.97 Å². The zero-order chi connectivity index (χ0) is 11.8. The van der Waals surface area contributed by atoms with Gasteiger partial charge < -0.3 is 5.32 Å². The maximum absolute atomic E-state index is 12.4. The summed E-state index contributed by atoms with van der Waals surface area (Å²) in [6.45, 7) is 1.93. The highest BCUT2D eigenvalue weighted by atomic mass is 19.4. The molecule has 0 aliphatic heterocycles. The molecule has 3 nitrogen and oxygen atoms in total. The number of hydrogen-bond acceptors (Lipinski definition) is 3. The number of nitrogens with zero attached hydrogens (tertiary/aromatic N) is 2. The van der Waals surface area contributed by atoms with Crippen molar-refractivity contribution < 1.29 is 13.2 Å². The molecule has 1 heterocycles. The van der Waals surface area contributed by atoms with Gasteiger partial charge in [0.05, 0.1) is 0 Å². The second-order valence-corrected chi connectivity index (χ2v) is 4.03. The van der Waals surface area contributed by atoms with Gasteiger partial charge in [0.1, 0.15) is 5.69 Å². The monoisotopic (exact) mass is 231 g/mol. The molecule has 1 aliphatic carbocycles. The van der Waals surface area contributed by atoms with Crippen molar-refractivity contribution in [2.24, 2.45) is 5.92 Å². The Morgan fingerprint density at radius 2 is 2.12 bits per heavy atom. The summed E-state index contributed by atoms with van der Waals surface area (Å²) in [5.41, 5.74) is -0.909. The number of alkyl halides is 3. The first-order chi connectivity index (χ1) is 7.47. The quantitative estimate of drug-likeness (QED) is 0.869. The molecule has 1 N–H and O–H groups in total. The number of aromatic nitrogens is 2. The molecule has 16 heavy (non-hydrogen) atoms. The van der Waals surface area contributed by atoms with Crippen molar-refractivity contribution in [2.75, 3.05) is 5.32 Å². The third kappa shape index (κ3) is 2.62. The van der Waals surface area contributed by atoms with Crippen molar-refractivity contribution in [1.29, 1.82) is 0 Å². The van der Waals surface area contributed by atoms with Crippen LogP contribution in [0.15, 0.2) is 12.3 Å².